The monoisotopic (exact) mass is 318 g/mol. The maximum atomic E-state index is 11.4. The van der Waals surface area contributed by atoms with Crippen molar-refractivity contribution in [3.63, 3.8) is 0 Å². The summed E-state index contributed by atoms with van der Waals surface area (Å²) in [7, 11) is -3.64. The van der Waals surface area contributed by atoms with Crippen molar-refractivity contribution in [2.24, 2.45) is 5.14 Å². The van der Waals surface area contributed by atoms with E-state index in [0.29, 0.717) is 6.61 Å². The minimum Gasteiger partial charge on any atom is -0.492 e. The van der Waals surface area contributed by atoms with Crippen LogP contribution in [0.4, 0.5) is 5.69 Å². The molecule has 2 aromatic carbocycles. The Balaban J connectivity index is 1.65. The highest BCUT2D eigenvalue weighted by atomic mass is 32.2. The molecule has 2 aromatic rings. The molecule has 0 spiro atoms. The van der Waals surface area contributed by atoms with Crippen LogP contribution in [0.1, 0.15) is 5.56 Å². The number of nitrogens with zero attached hydrogens (tertiary/aromatic N) is 1. The van der Waals surface area contributed by atoms with E-state index in [1.807, 2.05) is 36.4 Å². The molecule has 5 nitrogen and oxygen atoms in total. The first-order chi connectivity index (χ1) is 10.5. The third kappa shape index (κ3) is 3.23. The van der Waals surface area contributed by atoms with Crippen LogP contribution in [0.3, 0.4) is 0 Å². The van der Waals surface area contributed by atoms with E-state index >= 15 is 0 Å². The quantitative estimate of drug-likeness (QED) is 0.912. The van der Waals surface area contributed by atoms with Crippen molar-refractivity contribution in [2.45, 2.75) is 11.3 Å². The molecule has 0 unspecified atom stereocenters. The summed E-state index contributed by atoms with van der Waals surface area (Å²) >= 11 is 0. The predicted molar refractivity (Wildman–Crippen MR) is 85.7 cm³/mol. The van der Waals surface area contributed by atoms with Crippen molar-refractivity contribution in [3.8, 4) is 5.75 Å². The van der Waals surface area contributed by atoms with Crippen LogP contribution in [-0.2, 0) is 16.4 Å². The Morgan fingerprint density at radius 1 is 1.14 bits per heavy atom. The van der Waals surface area contributed by atoms with Crippen molar-refractivity contribution < 1.29 is 13.2 Å². The second-order valence-electron chi connectivity index (χ2n) is 5.23. The van der Waals surface area contributed by atoms with E-state index in [4.69, 9.17) is 9.88 Å². The lowest BCUT2D eigenvalue weighted by Crippen LogP contribution is -2.26. The lowest BCUT2D eigenvalue weighted by Gasteiger charge is -2.19. The van der Waals surface area contributed by atoms with Gasteiger partial charge in [0.2, 0.25) is 10.0 Å². The van der Waals surface area contributed by atoms with Crippen molar-refractivity contribution in [2.75, 3.05) is 24.6 Å². The first kappa shape index (κ1) is 14.9. The normalized spacial score (nSPS) is 14.0. The molecular weight excluding hydrogens is 300 g/mol. The number of benzene rings is 2. The van der Waals surface area contributed by atoms with Crippen LogP contribution in [0.15, 0.2) is 53.4 Å². The average molecular weight is 318 g/mol. The fourth-order valence-electron chi connectivity index (χ4n) is 2.65. The standard InChI is InChI=1S/C16H18N2O3S/c17-22(19,20)15-6-7-16-13(12-15)8-9-18(16)10-11-21-14-4-2-1-3-5-14/h1-7,12H,8-11H2,(H2,17,19,20). The van der Waals surface area contributed by atoms with Crippen molar-refractivity contribution in [1.29, 1.82) is 0 Å². The topological polar surface area (TPSA) is 72.6 Å². The third-order valence-electron chi connectivity index (χ3n) is 3.74. The van der Waals surface area contributed by atoms with Gasteiger partial charge in [-0.25, -0.2) is 13.6 Å². The summed E-state index contributed by atoms with van der Waals surface area (Å²) in [5.41, 5.74) is 2.08. The number of sulfonamides is 1. The van der Waals surface area contributed by atoms with Crippen molar-refractivity contribution in [3.05, 3.63) is 54.1 Å². The highest BCUT2D eigenvalue weighted by molar-refractivity contribution is 7.89. The van der Waals surface area contributed by atoms with Crippen molar-refractivity contribution >= 4 is 15.7 Å². The van der Waals surface area contributed by atoms with Gasteiger partial charge in [-0.05, 0) is 42.3 Å². The van der Waals surface area contributed by atoms with E-state index in [1.54, 1.807) is 12.1 Å². The fourth-order valence-corrected chi connectivity index (χ4v) is 3.21. The van der Waals surface area contributed by atoms with Crippen LogP contribution in [0, 0.1) is 0 Å². The van der Waals surface area contributed by atoms with Gasteiger partial charge in [-0.15, -0.1) is 0 Å². The zero-order valence-corrected chi connectivity index (χ0v) is 12.9. The molecule has 0 bridgehead atoms. The number of para-hydroxylation sites is 1. The summed E-state index contributed by atoms with van der Waals surface area (Å²) in [4.78, 5) is 2.37. The maximum Gasteiger partial charge on any atom is 0.238 e. The zero-order chi connectivity index (χ0) is 15.6. The summed E-state index contributed by atoms with van der Waals surface area (Å²) in [5.74, 6) is 0.853. The van der Waals surface area contributed by atoms with E-state index in [1.165, 1.54) is 0 Å². The fraction of sp³-hybridized carbons (Fsp3) is 0.250. The van der Waals surface area contributed by atoms with Crippen LogP contribution in [0.5, 0.6) is 5.75 Å². The molecule has 0 aliphatic carbocycles. The lowest BCUT2D eigenvalue weighted by atomic mass is 10.2. The van der Waals surface area contributed by atoms with Gasteiger partial charge >= 0.3 is 0 Å². The molecule has 116 valence electrons. The molecule has 3 rings (SSSR count). The second-order valence-corrected chi connectivity index (χ2v) is 6.80. The number of anilines is 1. The van der Waals surface area contributed by atoms with Gasteiger partial charge in [-0.3, -0.25) is 0 Å². The number of hydrogen-bond acceptors (Lipinski definition) is 4. The molecule has 0 radical (unpaired) electrons. The van der Waals surface area contributed by atoms with Gasteiger partial charge in [0.1, 0.15) is 12.4 Å². The Hall–Kier alpha value is -2.05. The van der Waals surface area contributed by atoms with Gasteiger partial charge in [0.05, 0.1) is 11.4 Å². The second kappa shape index (κ2) is 5.98. The summed E-state index contributed by atoms with van der Waals surface area (Å²) in [6, 6.07) is 14.7. The Labute approximate surface area is 130 Å². The minimum absolute atomic E-state index is 0.175. The van der Waals surface area contributed by atoms with E-state index in [-0.39, 0.29) is 4.90 Å². The molecule has 1 aliphatic heterocycles. The lowest BCUT2D eigenvalue weighted by molar-refractivity contribution is 0.324. The van der Waals surface area contributed by atoms with Crippen LogP contribution in [0.25, 0.3) is 0 Å². The van der Waals surface area contributed by atoms with Crippen molar-refractivity contribution in [1.82, 2.24) is 0 Å². The third-order valence-corrected chi connectivity index (χ3v) is 4.66. The number of nitrogens with two attached hydrogens (primary N) is 1. The van der Waals surface area contributed by atoms with Crippen LogP contribution in [0.2, 0.25) is 0 Å². The van der Waals surface area contributed by atoms with E-state index in [9.17, 15) is 8.42 Å². The average Bonchev–Trinajstić information content (AvgIpc) is 2.90. The molecule has 1 heterocycles. The van der Waals surface area contributed by atoms with Gasteiger partial charge in [-0.2, -0.15) is 0 Å². The highest BCUT2D eigenvalue weighted by Crippen LogP contribution is 2.29. The summed E-state index contributed by atoms with van der Waals surface area (Å²) < 4.78 is 28.5. The van der Waals surface area contributed by atoms with Gasteiger partial charge < -0.3 is 9.64 Å². The Bertz CT molecular complexity index is 760. The van der Waals surface area contributed by atoms with Gasteiger partial charge in [0.15, 0.2) is 0 Å². The van der Waals surface area contributed by atoms with Gasteiger partial charge in [-0.1, -0.05) is 18.2 Å². The number of rotatable bonds is 5. The Morgan fingerprint density at radius 3 is 2.64 bits per heavy atom. The van der Waals surface area contributed by atoms with Crippen LogP contribution in [-0.4, -0.2) is 28.1 Å². The molecule has 0 saturated heterocycles. The molecular formula is C16H18N2O3S. The molecule has 2 N–H and O–H groups in total. The molecule has 22 heavy (non-hydrogen) atoms. The van der Waals surface area contributed by atoms with E-state index in [0.717, 1.165) is 36.5 Å². The molecule has 6 heteroatoms. The number of ether oxygens (including phenoxy) is 1. The smallest absolute Gasteiger partial charge is 0.238 e. The molecule has 0 aromatic heterocycles. The summed E-state index contributed by atoms with van der Waals surface area (Å²) in [5, 5.41) is 5.17. The molecule has 0 amide bonds. The number of fused-ring (bicyclic) bond motifs is 1. The predicted octanol–water partition coefficient (Wildman–Crippen LogP) is 1.78. The Kier molecular flexibility index (Phi) is 4.04. The molecule has 1 aliphatic rings. The first-order valence-electron chi connectivity index (χ1n) is 7.12. The Morgan fingerprint density at radius 2 is 1.91 bits per heavy atom. The van der Waals surface area contributed by atoms with Gasteiger partial charge in [0.25, 0.3) is 0 Å². The highest BCUT2D eigenvalue weighted by Gasteiger charge is 2.21. The number of hydrogen-bond donors (Lipinski definition) is 1. The van der Waals surface area contributed by atoms with Crippen LogP contribution < -0.4 is 14.8 Å². The zero-order valence-electron chi connectivity index (χ0n) is 12.1. The summed E-state index contributed by atoms with van der Waals surface area (Å²) in [6.07, 6.45) is 0.823. The number of primary sulfonamides is 1. The first-order valence-corrected chi connectivity index (χ1v) is 8.67. The van der Waals surface area contributed by atoms with E-state index < -0.39 is 10.0 Å². The molecule has 0 fully saturated rings. The molecule has 0 atom stereocenters. The van der Waals surface area contributed by atoms with Crippen LogP contribution >= 0.6 is 0 Å². The molecule has 0 saturated carbocycles. The summed E-state index contributed by atoms with van der Waals surface area (Å²) in [6.45, 7) is 2.21. The van der Waals surface area contributed by atoms with E-state index in [2.05, 4.69) is 4.90 Å². The van der Waals surface area contributed by atoms with Gasteiger partial charge in [0, 0.05) is 12.2 Å². The minimum atomic E-state index is -3.64. The SMILES string of the molecule is NS(=O)(=O)c1ccc2c(c1)CCN2CCOc1ccccc1. The largest absolute Gasteiger partial charge is 0.492 e. The maximum absolute atomic E-state index is 11.4.